The first-order chi connectivity index (χ1) is 12.8. The summed E-state index contributed by atoms with van der Waals surface area (Å²) in [7, 11) is 0. The van der Waals surface area contributed by atoms with Gasteiger partial charge in [0.1, 0.15) is 30.7 Å². The molecule has 0 spiro atoms. The molecule has 2 aromatic heterocycles. The molecular formula is C14H17N5O8. The standard InChI is InChI=1S/C14H17N5O8/c20-2-6-9(23)10(24)13(27-6)19-4-17-8-11(15-3-16-12(8)19)18-5(14(25)26)1-7(21)22/h3-6,9-10,13,20,23-24H,1-2H2,(H,21,22)(H,25,26)(H,15,16,18)/t5-,6?,9-,10-,13-/m0/s1. The second-order valence-electron chi connectivity index (χ2n) is 5.91. The molecule has 0 bridgehead atoms. The lowest BCUT2D eigenvalue weighted by molar-refractivity contribution is -0.144. The Kier molecular flexibility index (Phi) is 5.18. The topological polar surface area (TPSA) is 200 Å². The molecule has 1 aliphatic heterocycles. The van der Waals surface area contributed by atoms with Crippen molar-refractivity contribution < 1.29 is 39.9 Å². The number of aliphatic carboxylic acids is 2. The number of carboxylic acids is 2. The summed E-state index contributed by atoms with van der Waals surface area (Å²) < 4.78 is 6.72. The predicted molar refractivity (Wildman–Crippen MR) is 85.6 cm³/mol. The highest BCUT2D eigenvalue weighted by molar-refractivity contribution is 5.88. The van der Waals surface area contributed by atoms with Gasteiger partial charge in [0, 0.05) is 0 Å². The van der Waals surface area contributed by atoms with Gasteiger partial charge in [-0.05, 0) is 0 Å². The number of nitrogens with one attached hydrogen (secondary N) is 1. The third kappa shape index (κ3) is 3.52. The lowest BCUT2D eigenvalue weighted by atomic mass is 10.1. The molecule has 1 fully saturated rings. The zero-order valence-electron chi connectivity index (χ0n) is 13.7. The van der Waals surface area contributed by atoms with Crippen LogP contribution in [-0.4, -0.2) is 88.0 Å². The highest BCUT2D eigenvalue weighted by Gasteiger charge is 2.44. The first-order valence-electron chi connectivity index (χ1n) is 7.84. The smallest absolute Gasteiger partial charge is 0.326 e. The molecule has 13 heteroatoms. The van der Waals surface area contributed by atoms with E-state index in [-0.39, 0.29) is 17.0 Å². The average molecular weight is 383 g/mol. The van der Waals surface area contributed by atoms with E-state index in [1.165, 1.54) is 10.9 Å². The van der Waals surface area contributed by atoms with Crippen molar-refractivity contribution in [3.05, 3.63) is 12.7 Å². The van der Waals surface area contributed by atoms with E-state index >= 15 is 0 Å². The number of imidazole rings is 1. The largest absolute Gasteiger partial charge is 0.481 e. The Labute approximate surface area is 150 Å². The van der Waals surface area contributed by atoms with Crippen LogP contribution in [0.4, 0.5) is 5.82 Å². The minimum Gasteiger partial charge on any atom is -0.481 e. The number of aliphatic hydroxyl groups is 3. The monoisotopic (exact) mass is 383 g/mol. The van der Waals surface area contributed by atoms with E-state index in [0.717, 1.165) is 6.33 Å². The fourth-order valence-corrected chi connectivity index (χ4v) is 2.79. The van der Waals surface area contributed by atoms with Gasteiger partial charge < -0.3 is 35.6 Å². The Bertz CT molecular complexity index is 857. The third-order valence-corrected chi connectivity index (χ3v) is 4.14. The van der Waals surface area contributed by atoms with Crippen LogP contribution in [0, 0.1) is 0 Å². The van der Waals surface area contributed by atoms with Crippen LogP contribution >= 0.6 is 0 Å². The summed E-state index contributed by atoms with van der Waals surface area (Å²) in [5.41, 5.74) is 0.272. The van der Waals surface area contributed by atoms with Crippen LogP contribution < -0.4 is 5.32 Å². The highest BCUT2D eigenvalue weighted by Crippen LogP contribution is 2.32. The Morgan fingerprint density at radius 1 is 1.22 bits per heavy atom. The van der Waals surface area contributed by atoms with Crippen LogP contribution in [0.25, 0.3) is 11.2 Å². The van der Waals surface area contributed by atoms with E-state index < -0.39 is 55.5 Å². The maximum absolute atomic E-state index is 11.2. The van der Waals surface area contributed by atoms with Crippen LogP contribution in [0.15, 0.2) is 12.7 Å². The number of hydrogen-bond donors (Lipinski definition) is 6. The number of aromatic nitrogens is 4. The van der Waals surface area contributed by atoms with Gasteiger partial charge in [-0.2, -0.15) is 0 Å². The number of rotatable bonds is 7. The molecule has 3 rings (SSSR count). The van der Waals surface area contributed by atoms with Crippen LogP contribution in [0.3, 0.4) is 0 Å². The number of carbonyl (C=O) groups is 2. The maximum atomic E-state index is 11.2. The molecule has 1 unspecified atom stereocenters. The number of ether oxygens (including phenoxy) is 1. The van der Waals surface area contributed by atoms with Crippen LogP contribution in [-0.2, 0) is 14.3 Å². The van der Waals surface area contributed by atoms with Crippen LogP contribution in [0.2, 0.25) is 0 Å². The van der Waals surface area contributed by atoms with Gasteiger partial charge in [-0.1, -0.05) is 0 Å². The van der Waals surface area contributed by atoms with Gasteiger partial charge in [0.2, 0.25) is 0 Å². The molecule has 0 saturated carbocycles. The number of nitrogens with zero attached hydrogens (tertiary/aromatic N) is 4. The second-order valence-corrected chi connectivity index (χ2v) is 5.91. The zero-order valence-corrected chi connectivity index (χ0v) is 13.7. The molecule has 0 radical (unpaired) electrons. The fraction of sp³-hybridized carbons (Fsp3) is 0.500. The summed E-state index contributed by atoms with van der Waals surface area (Å²) in [6, 6.07) is -1.44. The molecule has 146 valence electrons. The van der Waals surface area contributed by atoms with Crippen molar-refractivity contribution in [2.75, 3.05) is 11.9 Å². The van der Waals surface area contributed by atoms with Gasteiger partial charge in [-0.3, -0.25) is 9.36 Å². The summed E-state index contributed by atoms with van der Waals surface area (Å²) >= 11 is 0. The SMILES string of the molecule is O=C(O)C[C@H](Nc1ncnc2c1ncn2[C@H]1OC(CO)[C@H](O)[C@@H]1O)C(=O)O. The fourth-order valence-electron chi connectivity index (χ4n) is 2.79. The molecule has 1 saturated heterocycles. The Morgan fingerprint density at radius 3 is 2.56 bits per heavy atom. The molecule has 27 heavy (non-hydrogen) atoms. The van der Waals surface area contributed by atoms with E-state index in [4.69, 9.17) is 14.9 Å². The van der Waals surface area contributed by atoms with E-state index in [2.05, 4.69) is 20.3 Å². The summed E-state index contributed by atoms with van der Waals surface area (Å²) in [6.07, 6.45) is -3.08. The van der Waals surface area contributed by atoms with Gasteiger partial charge in [0.15, 0.2) is 23.2 Å². The molecule has 3 heterocycles. The molecular weight excluding hydrogens is 366 g/mol. The minimum atomic E-state index is -1.44. The maximum Gasteiger partial charge on any atom is 0.326 e. The summed E-state index contributed by atoms with van der Waals surface area (Å²) in [5, 5.41) is 49.7. The van der Waals surface area contributed by atoms with Crippen molar-refractivity contribution in [3.63, 3.8) is 0 Å². The van der Waals surface area contributed by atoms with Crippen molar-refractivity contribution >= 4 is 28.9 Å². The molecule has 0 aromatic carbocycles. The van der Waals surface area contributed by atoms with Crippen LogP contribution in [0.5, 0.6) is 0 Å². The van der Waals surface area contributed by atoms with Crippen molar-refractivity contribution in [3.8, 4) is 0 Å². The Hall–Kier alpha value is -2.87. The molecule has 6 N–H and O–H groups in total. The molecule has 1 aliphatic rings. The minimum absolute atomic E-state index is 0.0147. The van der Waals surface area contributed by atoms with E-state index in [1.54, 1.807) is 0 Å². The predicted octanol–water partition coefficient (Wildman–Crippen LogP) is -2.22. The summed E-state index contributed by atoms with van der Waals surface area (Å²) in [6.45, 7) is -0.501. The van der Waals surface area contributed by atoms with Gasteiger partial charge >= 0.3 is 11.9 Å². The summed E-state index contributed by atoms with van der Waals surface area (Å²) in [4.78, 5) is 34.0. The lowest BCUT2D eigenvalue weighted by Gasteiger charge is -2.17. The average Bonchev–Trinajstić information content (AvgIpc) is 3.16. The number of aliphatic hydroxyl groups excluding tert-OH is 3. The van der Waals surface area contributed by atoms with Crippen LogP contribution in [0.1, 0.15) is 12.6 Å². The number of hydrogen-bond acceptors (Lipinski definition) is 10. The van der Waals surface area contributed by atoms with Crippen molar-refractivity contribution in [2.45, 2.75) is 37.0 Å². The van der Waals surface area contributed by atoms with E-state index in [9.17, 15) is 24.9 Å². The highest BCUT2D eigenvalue weighted by atomic mass is 16.6. The zero-order chi connectivity index (χ0) is 19.7. The second kappa shape index (κ2) is 7.40. The quantitative estimate of drug-likeness (QED) is 0.301. The van der Waals surface area contributed by atoms with Gasteiger partial charge in [0.25, 0.3) is 0 Å². The molecule has 0 aliphatic carbocycles. The first-order valence-corrected chi connectivity index (χ1v) is 7.84. The third-order valence-electron chi connectivity index (χ3n) is 4.14. The van der Waals surface area contributed by atoms with E-state index in [1.807, 2.05) is 0 Å². The van der Waals surface area contributed by atoms with Crippen molar-refractivity contribution in [1.82, 2.24) is 19.5 Å². The molecule has 13 nitrogen and oxygen atoms in total. The summed E-state index contributed by atoms with van der Waals surface area (Å²) in [5.74, 6) is -2.71. The number of fused-ring (bicyclic) bond motifs is 1. The van der Waals surface area contributed by atoms with Crippen molar-refractivity contribution in [1.29, 1.82) is 0 Å². The number of carboxylic acid groups (broad SMARTS) is 2. The van der Waals surface area contributed by atoms with E-state index in [0.29, 0.717) is 0 Å². The number of anilines is 1. The van der Waals surface area contributed by atoms with Gasteiger partial charge in [0.05, 0.1) is 19.4 Å². The molecule has 0 amide bonds. The molecule has 5 atom stereocenters. The van der Waals surface area contributed by atoms with Gasteiger partial charge in [-0.15, -0.1) is 0 Å². The Morgan fingerprint density at radius 2 is 1.96 bits per heavy atom. The lowest BCUT2D eigenvalue weighted by Crippen LogP contribution is -2.33. The van der Waals surface area contributed by atoms with Gasteiger partial charge in [-0.25, -0.2) is 19.7 Å². The molecule has 2 aromatic rings. The normalized spacial score (nSPS) is 26.2. The first kappa shape index (κ1) is 18.9. The Balaban J connectivity index is 1.93. The van der Waals surface area contributed by atoms with Crippen molar-refractivity contribution in [2.24, 2.45) is 0 Å².